The number of aromatic nitrogens is 1. The molecule has 4 nitrogen and oxygen atoms in total. The van der Waals surface area contributed by atoms with E-state index in [-0.39, 0.29) is 22.6 Å². The smallest absolute Gasteiger partial charge is 0.135 e. The Balaban J connectivity index is 1.47. The van der Waals surface area contributed by atoms with E-state index in [4.69, 9.17) is 21.1 Å². The monoisotopic (exact) mass is 496 g/mol. The first-order chi connectivity index (χ1) is 18.4. The Labute approximate surface area is 217 Å². The summed E-state index contributed by atoms with van der Waals surface area (Å²) >= 11 is 0. The van der Waals surface area contributed by atoms with Crippen molar-refractivity contribution in [3.63, 3.8) is 0 Å². The molecule has 0 spiro atoms. The number of halogens is 2. The van der Waals surface area contributed by atoms with Crippen LogP contribution in [0.15, 0.2) is 91.0 Å². The molecule has 6 heteroatoms. The third-order valence-corrected chi connectivity index (χ3v) is 6.69. The molecule has 0 radical (unpaired) electrons. The maximum Gasteiger partial charge on any atom is 0.135 e. The fraction of sp³-hybridized carbons (Fsp3) is 0. The third-order valence-electron chi connectivity index (χ3n) is 6.69. The van der Waals surface area contributed by atoms with E-state index in [1.165, 1.54) is 0 Å². The summed E-state index contributed by atoms with van der Waals surface area (Å²) in [5.41, 5.74) is 5.91. The van der Waals surface area contributed by atoms with Gasteiger partial charge in [-0.1, -0.05) is 66.7 Å². The van der Waals surface area contributed by atoms with E-state index in [1.54, 1.807) is 36.4 Å². The summed E-state index contributed by atoms with van der Waals surface area (Å²) in [6.45, 7) is 0. The first-order valence-corrected chi connectivity index (χ1v) is 11.8. The van der Waals surface area contributed by atoms with Crippen LogP contribution in [0.3, 0.4) is 0 Å². The van der Waals surface area contributed by atoms with Gasteiger partial charge < -0.3 is 0 Å². The molecule has 1 aliphatic carbocycles. The van der Waals surface area contributed by atoms with Crippen molar-refractivity contribution in [3.05, 3.63) is 119 Å². The number of pyridine rings is 1. The highest BCUT2D eigenvalue weighted by molar-refractivity contribution is 6.54. The zero-order valence-corrected chi connectivity index (χ0v) is 19.9. The van der Waals surface area contributed by atoms with Crippen LogP contribution in [0.5, 0.6) is 0 Å². The van der Waals surface area contributed by atoms with Gasteiger partial charge >= 0.3 is 0 Å². The van der Waals surface area contributed by atoms with Crippen LogP contribution in [0.2, 0.25) is 0 Å². The van der Waals surface area contributed by atoms with Gasteiger partial charge in [-0.3, -0.25) is 10.8 Å². The van der Waals surface area contributed by atoms with Crippen molar-refractivity contribution in [2.24, 2.45) is 0 Å². The Morgan fingerprint density at radius 3 is 2.03 bits per heavy atom. The molecule has 38 heavy (non-hydrogen) atoms. The molecule has 2 N–H and O–H groups in total. The lowest BCUT2D eigenvalue weighted by Gasteiger charge is -2.19. The zero-order chi connectivity index (χ0) is 26.4. The maximum absolute atomic E-state index is 14.5. The predicted octanol–water partition coefficient (Wildman–Crippen LogP) is 7.80. The van der Waals surface area contributed by atoms with Crippen LogP contribution in [0.1, 0.15) is 16.7 Å². The first kappa shape index (κ1) is 23.1. The topological polar surface area (TPSA) is 84.4 Å². The lowest BCUT2D eigenvalue weighted by Crippen LogP contribution is -2.17. The average Bonchev–Trinajstić information content (AvgIpc) is 2.94. The minimum atomic E-state index is -0.788. The predicted molar refractivity (Wildman–Crippen MR) is 146 cm³/mol. The van der Waals surface area contributed by atoms with Crippen molar-refractivity contribution in [1.82, 2.24) is 4.98 Å². The molecule has 6 rings (SSSR count). The Morgan fingerprint density at radius 2 is 1.34 bits per heavy atom. The Bertz CT molecular complexity index is 1840. The number of nitrogens with zero attached hydrogens (tertiary/aromatic N) is 2. The molecule has 0 unspecified atom stereocenters. The van der Waals surface area contributed by atoms with Gasteiger partial charge in [0.2, 0.25) is 0 Å². The van der Waals surface area contributed by atoms with Gasteiger partial charge in [-0.2, -0.15) is 5.26 Å². The molecule has 5 aromatic rings. The SMILES string of the molecule is N#Cc1cc(F)c(-c2ccc(-c3ccc4c5c(c(-c6ccccc6)nc4c3)C=CC(=N)C5=N)cc2)c(F)c1. The van der Waals surface area contributed by atoms with E-state index in [1.807, 2.05) is 54.6 Å². The fourth-order valence-corrected chi connectivity index (χ4v) is 4.83. The second-order valence-corrected chi connectivity index (χ2v) is 8.97. The molecule has 0 aliphatic heterocycles. The van der Waals surface area contributed by atoms with Crippen molar-refractivity contribution >= 4 is 28.4 Å². The molecular weight excluding hydrogens is 478 g/mol. The molecule has 0 fully saturated rings. The summed E-state index contributed by atoms with van der Waals surface area (Å²) in [7, 11) is 0. The Morgan fingerprint density at radius 1 is 0.684 bits per heavy atom. The number of nitrogens with one attached hydrogen (secondary N) is 2. The lowest BCUT2D eigenvalue weighted by molar-refractivity contribution is 0.589. The van der Waals surface area contributed by atoms with Gasteiger partial charge in [0.1, 0.15) is 11.6 Å². The Kier molecular flexibility index (Phi) is 5.47. The lowest BCUT2D eigenvalue weighted by atomic mass is 9.87. The number of hydrogen-bond acceptors (Lipinski definition) is 4. The minimum absolute atomic E-state index is 0.0696. The van der Waals surface area contributed by atoms with Gasteiger partial charge in [0.25, 0.3) is 0 Å². The van der Waals surface area contributed by atoms with Crippen LogP contribution in [0.4, 0.5) is 8.78 Å². The zero-order valence-electron chi connectivity index (χ0n) is 19.9. The number of fused-ring (bicyclic) bond motifs is 3. The van der Waals surface area contributed by atoms with Crippen molar-refractivity contribution in [1.29, 1.82) is 16.1 Å². The van der Waals surface area contributed by atoms with Crippen molar-refractivity contribution in [2.75, 3.05) is 0 Å². The van der Waals surface area contributed by atoms with Gasteiger partial charge in [0.15, 0.2) is 0 Å². The number of rotatable bonds is 3. The van der Waals surface area contributed by atoms with E-state index in [0.717, 1.165) is 45.5 Å². The molecule has 1 aliphatic rings. The summed E-state index contributed by atoms with van der Waals surface area (Å²) in [5.74, 6) is -1.58. The van der Waals surface area contributed by atoms with Gasteiger partial charge in [-0.15, -0.1) is 0 Å². The van der Waals surface area contributed by atoms with Crippen LogP contribution < -0.4 is 0 Å². The standard InChI is InChI=1S/C32H18F2N4/c33-25-14-18(17-35)15-26(34)29(25)20-8-6-19(7-9-20)22-10-11-23-28(16-22)38-32(21-4-2-1-3-5-21)24-12-13-27(36)31(37)30(23)24/h1-16,36-37H. The number of hydrogen-bond donors (Lipinski definition) is 2. The second kappa shape index (κ2) is 8.99. The van der Waals surface area contributed by atoms with Crippen LogP contribution in [-0.2, 0) is 0 Å². The highest BCUT2D eigenvalue weighted by Crippen LogP contribution is 2.36. The molecule has 0 bridgehead atoms. The summed E-state index contributed by atoms with van der Waals surface area (Å²) in [6, 6.07) is 26.1. The quantitative estimate of drug-likeness (QED) is 0.267. The van der Waals surface area contributed by atoms with Crippen molar-refractivity contribution in [3.8, 4) is 39.6 Å². The van der Waals surface area contributed by atoms with E-state index in [9.17, 15) is 8.78 Å². The highest BCUT2D eigenvalue weighted by atomic mass is 19.1. The Hall–Kier alpha value is -5.28. The number of benzene rings is 4. The van der Waals surface area contributed by atoms with Crippen LogP contribution in [-0.4, -0.2) is 16.4 Å². The molecular formula is C32H18F2N4. The molecule has 1 heterocycles. The van der Waals surface area contributed by atoms with E-state index < -0.39 is 11.6 Å². The van der Waals surface area contributed by atoms with Gasteiger partial charge in [0, 0.05) is 22.1 Å². The third kappa shape index (κ3) is 3.78. The maximum atomic E-state index is 14.5. The molecule has 4 aromatic carbocycles. The number of allylic oxidation sites excluding steroid dienone is 1. The molecule has 0 atom stereocenters. The summed E-state index contributed by atoms with van der Waals surface area (Å²) < 4.78 is 29.0. The second-order valence-electron chi connectivity index (χ2n) is 8.97. The van der Waals surface area contributed by atoms with Crippen LogP contribution >= 0.6 is 0 Å². The summed E-state index contributed by atoms with van der Waals surface area (Å²) in [6.07, 6.45) is 3.47. The van der Waals surface area contributed by atoms with Crippen molar-refractivity contribution < 1.29 is 8.78 Å². The van der Waals surface area contributed by atoms with E-state index >= 15 is 0 Å². The molecule has 1 aromatic heterocycles. The fourth-order valence-electron chi connectivity index (χ4n) is 4.83. The van der Waals surface area contributed by atoms with E-state index in [2.05, 4.69) is 0 Å². The normalized spacial score (nSPS) is 12.4. The van der Waals surface area contributed by atoms with Crippen LogP contribution in [0, 0.1) is 33.8 Å². The average molecular weight is 497 g/mol. The summed E-state index contributed by atoms with van der Waals surface area (Å²) in [5, 5.41) is 26.5. The first-order valence-electron chi connectivity index (χ1n) is 11.8. The van der Waals surface area contributed by atoms with E-state index in [0.29, 0.717) is 16.6 Å². The van der Waals surface area contributed by atoms with Gasteiger partial charge in [0.05, 0.1) is 39.8 Å². The van der Waals surface area contributed by atoms with Gasteiger partial charge in [-0.05, 0) is 47.0 Å². The van der Waals surface area contributed by atoms with Gasteiger partial charge in [-0.25, -0.2) is 13.8 Å². The number of nitriles is 1. The molecule has 0 saturated carbocycles. The van der Waals surface area contributed by atoms with Crippen LogP contribution in [0.25, 0.3) is 50.5 Å². The largest absolute Gasteiger partial charge is 0.299 e. The highest BCUT2D eigenvalue weighted by Gasteiger charge is 2.23. The molecule has 180 valence electrons. The summed E-state index contributed by atoms with van der Waals surface area (Å²) in [4.78, 5) is 4.97. The van der Waals surface area contributed by atoms with Crippen molar-refractivity contribution in [2.45, 2.75) is 0 Å². The molecule has 0 amide bonds. The molecule has 0 saturated heterocycles. The minimum Gasteiger partial charge on any atom is -0.299 e.